The molecule has 1 unspecified atom stereocenters. The van der Waals surface area contributed by atoms with Gasteiger partial charge in [-0.05, 0) is 29.8 Å². The van der Waals surface area contributed by atoms with E-state index in [2.05, 4.69) is 0 Å². The molecule has 0 saturated carbocycles. The number of hydrogen-bond acceptors (Lipinski definition) is 4. The summed E-state index contributed by atoms with van der Waals surface area (Å²) in [6.07, 6.45) is 0.305. The van der Waals surface area contributed by atoms with E-state index >= 15 is 0 Å². The molecule has 0 saturated heterocycles. The van der Waals surface area contributed by atoms with Gasteiger partial charge in [-0.1, -0.05) is 24.3 Å². The Hall–Kier alpha value is -2.47. The summed E-state index contributed by atoms with van der Waals surface area (Å²) in [4.78, 5) is 26.5. The van der Waals surface area contributed by atoms with Gasteiger partial charge in [-0.25, -0.2) is 0 Å². The number of carbonyl (C=O) groups excluding carboxylic acids is 2. The Balaban J connectivity index is 1.96. The molecule has 2 N–H and O–H groups in total. The van der Waals surface area contributed by atoms with E-state index < -0.39 is 5.91 Å². The first-order valence-electron chi connectivity index (χ1n) is 7.57. The summed E-state index contributed by atoms with van der Waals surface area (Å²) in [5, 5.41) is -0.0255. The molecule has 1 aliphatic heterocycles. The van der Waals surface area contributed by atoms with E-state index in [0.29, 0.717) is 6.42 Å². The van der Waals surface area contributed by atoms with Crippen LogP contribution >= 0.6 is 11.8 Å². The van der Waals surface area contributed by atoms with Gasteiger partial charge >= 0.3 is 0 Å². The molecule has 124 valence electrons. The first-order chi connectivity index (χ1) is 11.6. The summed E-state index contributed by atoms with van der Waals surface area (Å²) in [5.41, 5.74) is 7.10. The second-order valence-electron chi connectivity index (χ2n) is 5.50. The number of carbonyl (C=O) groups is 2. The van der Waals surface area contributed by atoms with Gasteiger partial charge in [-0.2, -0.15) is 0 Å². The van der Waals surface area contributed by atoms with E-state index in [1.54, 1.807) is 18.9 Å². The quantitative estimate of drug-likeness (QED) is 0.927. The number of benzene rings is 2. The van der Waals surface area contributed by atoms with Crippen LogP contribution in [-0.4, -0.2) is 25.5 Å². The zero-order valence-electron chi connectivity index (χ0n) is 13.3. The molecule has 6 heteroatoms. The fourth-order valence-electron chi connectivity index (χ4n) is 2.71. The number of primary amides is 1. The minimum Gasteiger partial charge on any atom is -0.497 e. The van der Waals surface area contributed by atoms with Gasteiger partial charge in [0.2, 0.25) is 11.8 Å². The topological polar surface area (TPSA) is 72.6 Å². The number of nitrogens with zero attached hydrogens (tertiary/aromatic N) is 1. The fourth-order valence-corrected chi connectivity index (χ4v) is 3.99. The minimum atomic E-state index is -0.522. The number of amides is 2. The predicted molar refractivity (Wildman–Crippen MR) is 94.2 cm³/mol. The third-order valence-electron chi connectivity index (χ3n) is 3.89. The fraction of sp³-hybridized carbons (Fsp3) is 0.222. The largest absolute Gasteiger partial charge is 0.497 e. The second-order valence-corrected chi connectivity index (χ2v) is 6.74. The first kappa shape index (κ1) is 16.4. The lowest BCUT2D eigenvalue weighted by Gasteiger charge is -2.20. The van der Waals surface area contributed by atoms with Crippen molar-refractivity contribution in [1.29, 1.82) is 0 Å². The average Bonchev–Trinajstić information content (AvgIpc) is 2.72. The lowest BCUT2D eigenvalue weighted by atomic mass is 10.1. The molecule has 2 aromatic rings. The van der Waals surface area contributed by atoms with Crippen LogP contribution in [0.3, 0.4) is 0 Å². The molecule has 2 aromatic carbocycles. The smallest absolute Gasteiger partial charge is 0.237 e. The second kappa shape index (κ2) is 6.97. The monoisotopic (exact) mass is 342 g/mol. The normalized spacial score (nSPS) is 17.1. The SMILES string of the molecule is COc1ccc(C2CC(=O)N(CC(N)=O)c3ccccc3S2)cc1. The third kappa shape index (κ3) is 3.38. The predicted octanol–water partition coefficient (Wildman–Crippen LogP) is 2.75. The van der Waals surface area contributed by atoms with Crippen LogP contribution in [0.4, 0.5) is 5.69 Å². The molecule has 0 spiro atoms. The highest BCUT2D eigenvalue weighted by atomic mass is 32.2. The highest BCUT2D eigenvalue weighted by Crippen LogP contribution is 2.45. The van der Waals surface area contributed by atoms with Crippen molar-refractivity contribution in [2.45, 2.75) is 16.6 Å². The summed E-state index contributed by atoms with van der Waals surface area (Å²) >= 11 is 1.62. The summed E-state index contributed by atoms with van der Waals surface area (Å²) in [5.74, 6) is 0.151. The van der Waals surface area contributed by atoms with Crippen LogP contribution in [0.5, 0.6) is 5.75 Å². The number of nitrogens with two attached hydrogens (primary N) is 1. The van der Waals surface area contributed by atoms with Gasteiger partial charge in [0.25, 0.3) is 0 Å². The number of para-hydroxylation sites is 1. The molecular formula is C18H18N2O3S. The van der Waals surface area contributed by atoms with Crippen molar-refractivity contribution in [3.8, 4) is 5.75 Å². The van der Waals surface area contributed by atoms with Crippen LogP contribution in [0, 0.1) is 0 Å². The van der Waals surface area contributed by atoms with Gasteiger partial charge in [0, 0.05) is 16.6 Å². The molecule has 3 rings (SSSR count). The summed E-state index contributed by atoms with van der Waals surface area (Å²) in [7, 11) is 1.62. The van der Waals surface area contributed by atoms with Crippen LogP contribution in [0.25, 0.3) is 0 Å². The zero-order valence-corrected chi connectivity index (χ0v) is 14.1. The maximum atomic E-state index is 12.7. The van der Waals surface area contributed by atoms with Crippen LogP contribution in [-0.2, 0) is 9.59 Å². The molecule has 0 fully saturated rings. The Morgan fingerprint density at radius 3 is 2.62 bits per heavy atom. The number of anilines is 1. The van der Waals surface area contributed by atoms with Crippen molar-refractivity contribution < 1.29 is 14.3 Å². The molecule has 5 nitrogen and oxygen atoms in total. The first-order valence-corrected chi connectivity index (χ1v) is 8.44. The number of hydrogen-bond donors (Lipinski definition) is 1. The van der Waals surface area contributed by atoms with E-state index in [9.17, 15) is 9.59 Å². The van der Waals surface area contributed by atoms with Gasteiger partial charge in [-0.3, -0.25) is 9.59 Å². The molecule has 0 aromatic heterocycles. The van der Waals surface area contributed by atoms with E-state index in [1.807, 2.05) is 48.5 Å². The Labute approximate surface area is 144 Å². The van der Waals surface area contributed by atoms with Crippen molar-refractivity contribution in [3.63, 3.8) is 0 Å². The van der Waals surface area contributed by atoms with E-state index in [-0.39, 0.29) is 17.7 Å². The summed E-state index contributed by atoms with van der Waals surface area (Å²) in [6.45, 7) is -0.105. The van der Waals surface area contributed by atoms with Crippen molar-refractivity contribution in [3.05, 3.63) is 54.1 Å². The van der Waals surface area contributed by atoms with Crippen molar-refractivity contribution in [2.24, 2.45) is 5.73 Å². The lowest BCUT2D eigenvalue weighted by Crippen LogP contribution is -2.38. The zero-order chi connectivity index (χ0) is 17.1. The van der Waals surface area contributed by atoms with Gasteiger partial charge in [0.05, 0.1) is 12.8 Å². The van der Waals surface area contributed by atoms with Gasteiger partial charge in [0.15, 0.2) is 0 Å². The van der Waals surface area contributed by atoms with E-state index in [1.165, 1.54) is 4.90 Å². The molecule has 1 aliphatic rings. The Morgan fingerprint density at radius 1 is 1.25 bits per heavy atom. The number of ether oxygens (including phenoxy) is 1. The Bertz CT molecular complexity index is 761. The number of fused-ring (bicyclic) bond motifs is 1. The molecular weight excluding hydrogens is 324 g/mol. The Morgan fingerprint density at radius 2 is 1.96 bits per heavy atom. The van der Waals surface area contributed by atoms with Gasteiger partial charge < -0.3 is 15.4 Å². The van der Waals surface area contributed by atoms with Crippen LogP contribution in [0.2, 0.25) is 0 Å². The number of rotatable bonds is 4. The highest BCUT2D eigenvalue weighted by molar-refractivity contribution is 7.99. The van der Waals surface area contributed by atoms with Gasteiger partial charge in [-0.15, -0.1) is 11.8 Å². The molecule has 1 atom stereocenters. The average molecular weight is 342 g/mol. The number of thioether (sulfide) groups is 1. The summed E-state index contributed by atoms with van der Waals surface area (Å²) < 4.78 is 5.19. The standard InChI is InChI=1S/C18H18N2O3S/c1-23-13-8-6-12(7-9-13)16-10-18(22)20(11-17(19)21)14-4-2-3-5-15(14)24-16/h2-9,16H,10-11H2,1H3,(H2,19,21). The molecule has 0 bridgehead atoms. The number of methoxy groups -OCH3 is 1. The highest BCUT2D eigenvalue weighted by Gasteiger charge is 2.29. The van der Waals surface area contributed by atoms with Crippen LogP contribution in [0.15, 0.2) is 53.4 Å². The van der Waals surface area contributed by atoms with Gasteiger partial charge in [0.1, 0.15) is 12.3 Å². The van der Waals surface area contributed by atoms with E-state index in [0.717, 1.165) is 21.9 Å². The molecule has 0 aliphatic carbocycles. The lowest BCUT2D eigenvalue weighted by molar-refractivity contribution is -0.122. The molecule has 24 heavy (non-hydrogen) atoms. The van der Waals surface area contributed by atoms with Crippen LogP contribution in [0.1, 0.15) is 17.2 Å². The van der Waals surface area contributed by atoms with Crippen molar-refractivity contribution in [2.75, 3.05) is 18.6 Å². The third-order valence-corrected chi connectivity index (χ3v) is 5.21. The maximum Gasteiger partial charge on any atom is 0.237 e. The van der Waals surface area contributed by atoms with Crippen molar-refractivity contribution >= 4 is 29.3 Å². The van der Waals surface area contributed by atoms with E-state index in [4.69, 9.17) is 10.5 Å². The van der Waals surface area contributed by atoms with Crippen molar-refractivity contribution in [1.82, 2.24) is 0 Å². The van der Waals surface area contributed by atoms with Crippen LogP contribution < -0.4 is 15.4 Å². The molecule has 2 amide bonds. The minimum absolute atomic E-state index is 0.0255. The molecule has 0 radical (unpaired) electrons. The Kier molecular flexibility index (Phi) is 4.76. The maximum absolute atomic E-state index is 12.7. The summed E-state index contributed by atoms with van der Waals surface area (Å²) in [6, 6.07) is 15.3. The molecule has 1 heterocycles.